The Morgan fingerprint density at radius 3 is 2.86 bits per heavy atom. The van der Waals surface area contributed by atoms with Crippen molar-refractivity contribution in [2.24, 2.45) is 0 Å². The molecule has 3 nitrogen and oxygen atoms in total. The first-order valence-corrected chi connectivity index (χ1v) is 5.32. The van der Waals surface area contributed by atoms with Crippen LogP contribution in [-0.4, -0.2) is 19.7 Å². The number of hydrogen-bond donors (Lipinski definition) is 0. The molecule has 78 valence electrons. The highest BCUT2D eigenvalue weighted by Gasteiger charge is 2.16. The van der Waals surface area contributed by atoms with Crippen LogP contribution < -0.4 is 4.74 Å². The maximum Gasteiger partial charge on any atom is 0.352 e. The Balaban J connectivity index is 2.77. The van der Waals surface area contributed by atoms with Crippen LogP contribution in [0.2, 0.25) is 0 Å². The molecule has 1 aromatic heterocycles. The second-order valence-corrected chi connectivity index (χ2v) is 4.15. The molecule has 0 saturated heterocycles. The van der Waals surface area contributed by atoms with Gasteiger partial charge in [-0.25, -0.2) is 4.79 Å². The first-order chi connectivity index (χ1) is 6.69. The molecule has 0 N–H and O–H groups in total. The summed E-state index contributed by atoms with van der Waals surface area (Å²) in [7, 11) is 1.55. The third-order valence-electron chi connectivity index (χ3n) is 1.66. The largest absolute Gasteiger partial charge is 0.495 e. The summed E-state index contributed by atoms with van der Waals surface area (Å²) in [4.78, 5) is 13.1. The average molecular weight is 214 g/mol. The van der Waals surface area contributed by atoms with Gasteiger partial charge in [0.05, 0.1) is 13.7 Å². The zero-order valence-corrected chi connectivity index (χ0v) is 9.44. The Morgan fingerprint density at radius 1 is 1.57 bits per heavy atom. The van der Waals surface area contributed by atoms with E-state index in [1.165, 1.54) is 11.3 Å². The molecule has 1 heterocycles. The second-order valence-electron chi connectivity index (χ2n) is 2.89. The fourth-order valence-electron chi connectivity index (χ4n) is 1.05. The SMILES string of the molecule is CCCOC(=O)c1sc(C)cc1OC. The molecule has 4 heteroatoms. The van der Waals surface area contributed by atoms with Gasteiger partial charge < -0.3 is 9.47 Å². The first-order valence-electron chi connectivity index (χ1n) is 4.50. The van der Waals surface area contributed by atoms with E-state index in [1.54, 1.807) is 7.11 Å². The van der Waals surface area contributed by atoms with E-state index in [0.717, 1.165) is 11.3 Å². The molecule has 0 aliphatic rings. The second kappa shape index (κ2) is 5.00. The van der Waals surface area contributed by atoms with E-state index < -0.39 is 0 Å². The Hall–Kier alpha value is -1.03. The lowest BCUT2D eigenvalue weighted by atomic mass is 10.4. The zero-order chi connectivity index (χ0) is 10.6. The van der Waals surface area contributed by atoms with E-state index in [4.69, 9.17) is 9.47 Å². The van der Waals surface area contributed by atoms with Gasteiger partial charge in [0.2, 0.25) is 0 Å². The van der Waals surface area contributed by atoms with Crippen LogP contribution in [0.3, 0.4) is 0 Å². The third-order valence-corrected chi connectivity index (χ3v) is 2.68. The summed E-state index contributed by atoms with van der Waals surface area (Å²) in [6, 6.07) is 1.84. The highest BCUT2D eigenvalue weighted by molar-refractivity contribution is 7.14. The minimum Gasteiger partial charge on any atom is -0.495 e. The smallest absolute Gasteiger partial charge is 0.352 e. The third kappa shape index (κ3) is 2.48. The zero-order valence-electron chi connectivity index (χ0n) is 8.62. The summed E-state index contributed by atoms with van der Waals surface area (Å²) >= 11 is 1.40. The van der Waals surface area contributed by atoms with Crippen LogP contribution in [0.1, 0.15) is 27.9 Å². The molecular formula is C10H14O3S. The van der Waals surface area contributed by atoms with Crippen molar-refractivity contribution in [3.8, 4) is 5.75 Å². The molecule has 0 bridgehead atoms. The van der Waals surface area contributed by atoms with Crippen molar-refractivity contribution in [3.05, 3.63) is 15.8 Å². The maximum absolute atomic E-state index is 11.5. The lowest BCUT2D eigenvalue weighted by molar-refractivity contribution is 0.0507. The van der Waals surface area contributed by atoms with Gasteiger partial charge in [0, 0.05) is 4.88 Å². The van der Waals surface area contributed by atoms with Crippen LogP contribution in [0.15, 0.2) is 6.07 Å². The molecule has 0 aliphatic carbocycles. The standard InChI is InChI=1S/C10H14O3S/c1-4-5-13-10(11)9-8(12-3)6-7(2)14-9/h6H,4-5H2,1-3H3. The van der Waals surface area contributed by atoms with E-state index in [-0.39, 0.29) is 5.97 Å². The van der Waals surface area contributed by atoms with Gasteiger partial charge in [-0.15, -0.1) is 11.3 Å². The van der Waals surface area contributed by atoms with E-state index in [1.807, 2.05) is 19.9 Å². The molecule has 1 aromatic rings. The molecule has 0 unspecified atom stereocenters. The Kier molecular flexibility index (Phi) is 3.95. The molecule has 0 aliphatic heterocycles. The Bertz CT molecular complexity index is 317. The number of carbonyl (C=O) groups excluding carboxylic acids is 1. The molecule has 0 spiro atoms. The van der Waals surface area contributed by atoms with Crippen molar-refractivity contribution < 1.29 is 14.3 Å². The van der Waals surface area contributed by atoms with Crippen LogP contribution in [0.25, 0.3) is 0 Å². The normalized spacial score (nSPS) is 9.93. The first kappa shape index (κ1) is 11.0. The summed E-state index contributed by atoms with van der Waals surface area (Å²) in [6.07, 6.45) is 0.832. The van der Waals surface area contributed by atoms with E-state index in [0.29, 0.717) is 17.2 Å². The van der Waals surface area contributed by atoms with Gasteiger partial charge in [-0.2, -0.15) is 0 Å². The van der Waals surface area contributed by atoms with Crippen LogP contribution in [0.4, 0.5) is 0 Å². The number of esters is 1. The average Bonchev–Trinajstić information content (AvgIpc) is 2.56. The van der Waals surface area contributed by atoms with Gasteiger partial charge in [-0.05, 0) is 19.4 Å². The van der Waals surface area contributed by atoms with Gasteiger partial charge in [0.15, 0.2) is 4.88 Å². The number of methoxy groups -OCH3 is 1. The molecule has 14 heavy (non-hydrogen) atoms. The quantitative estimate of drug-likeness (QED) is 0.723. The highest BCUT2D eigenvalue weighted by atomic mass is 32.1. The Labute approximate surface area is 87.7 Å². The van der Waals surface area contributed by atoms with E-state index in [2.05, 4.69) is 0 Å². The molecule has 0 amide bonds. The minimum absolute atomic E-state index is 0.290. The number of carbonyl (C=O) groups is 1. The Morgan fingerprint density at radius 2 is 2.29 bits per heavy atom. The van der Waals surface area contributed by atoms with Crippen molar-refractivity contribution >= 4 is 17.3 Å². The molecule has 0 fully saturated rings. The van der Waals surface area contributed by atoms with Crippen molar-refractivity contribution in [2.75, 3.05) is 13.7 Å². The summed E-state index contributed by atoms with van der Waals surface area (Å²) in [5, 5.41) is 0. The molecular weight excluding hydrogens is 200 g/mol. The predicted octanol–water partition coefficient (Wildman–Crippen LogP) is 2.63. The van der Waals surface area contributed by atoms with E-state index >= 15 is 0 Å². The predicted molar refractivity (Wildman–Crippen MR) is 56.2 cm³/mol. The lowest BCUT2D eigenvalue weighted by Gasteiger charge is -2.02. The summed E-state index contributed by atoms with van der Waals surface area (Å²) in [5.41, 5.74) is 0. The number of hydrogen-bond acceptors (Lipinski definition) is 4. The molecule has 0 saturated carbocycles. The maximum atomic E-state index is 11.5. The number of ether oxygens (including phenoxy) is 2. The fourth-order valence-corrected chi connectivity index (χ4v) is 1.92. The van der Waals surface area contributed by atoms with Gasteiger partial charge in [0.25, 0.3) is 0 Å². The van der Waals surface area contributed by atoms with Crippen molar-refractivity contribution in [2.45, 2.75) is 20.3 Å². The molecule has 0 radical (unpaired) electrons. The summed E-state index contributed by atoms with van der Waals surface area (Å²) in [6.45, 7) is 4.35. The summed E-state index contributed by atoms with van der Waals surface area (Å²) in [5.74, 6) is 0.315. The van der Waals surface area contributed by atoms with E-state index in [9.17, 15) is 4.79 Å². The van der Waals surface area contributed by atoms with Crippen LogP contribution in [-0.2, 0) is 4.74 Å². The van der Waals surface area contributed by atoms with Crippen molar-refractivity contribution in [1.82, 2.24) is 0 Å². The number of aryl methyl sites for hydroxylation is 1. The topological polar surface area (TPSA) is 35.5 Å². The van der Waals surface area contributed by atoms with Gasteiger partial charge in [-0.1, -0.05) is 6.92 Å². The van der Waals surface area contributed by atoms with Gasteiger partial charge in [0.1, 0.15) is 5.75 Å². The fraction of sp³-hybridized carbons (Fsp3) is 0.500. The number of thiophene rings is 1. The van der Waals surface area contributed by atoms with Crippen molar-refractivity contribution in [3.63, 3.8) is 0 Å². The molecule has 1 rings (SSSR count). The highest BCUT2D eigenvalue weighted by Crippen LogP contribution is 2.29. The number of rotatable bonds is 4. The molecule has 0 atom stereocenters. The minimum atomic E-state index is -0.290. The van der Waals surface area contributed by atoms with Gasteiger partial charge in [-0.3, -0.25) is 0 Å². The molecule has 0 aromatic carbocycles. The van der Waals surface area contributed by atoms with Crippen LogP contribution >= 0.6 is 11.3 Å². The monoisotopic (exact) mass is 214 g/mol. The van der Waals surface area contributed by atoms with Crippen LogP contribution in [0.5, 0.6) is 5.75 Å². The van der Waals surface area contributed by atoms with Crippen LogP contribution in [0, 0.1) is 6.92 Å². The lowest BCUT2D eigenvalue weighted by Crippen LogP contribution is -2.05. The summed E-state index contributed by atoms with van der Waals surface area (Å²) < 4.78 is 10.1. The van der Waals surface area contributed by atoms with Crippen molar-refractivity contribution in [1.29, 1.82) is 0 Å². The van der Waals surface area contributed by atoms with Gasteiger partial charge >= 0.3 is 5.97 Å².